The maximum atomic E-state index is 13.8. The van der Waals surface area contributed by atoms with Crippen LogP contribution in [0.1, 0.15) is 12.5 Å². The molecule has 10 nitrogen and oxygen atoms in total. The summed E-state index contributed by atoms with van der Waals surface area (Å²) in [6.07, 6.45) is 0.152. The molecule has 0 fully saturated rings. The van der Waals surface area contributed by atoms with Crippen molar-refractivity contribution in [1.29, 1.82) is 0 Å². The smallest absolute Gasteiger partial charge is 0.329 e. The summed E-state index contributed by atoms with van der Waals surface area (Å²) in [6, 6.07) is 27.8. The number of H-pyrrole nitrogens is 1. The van der Waals surface area contributed by atoms with Crippen molar-refractivity contribution in [3.8, 4) is 22.8 Å². The number of methoxy groups -OCH3 is 2. The molecule has 232 valence electrons. The molecular weight excluding hydrogens is 592 g/mol. The Balaban J connectivity index is 1.37. The van der Waals surface area contributed by atoms with Gasteiger partial charge in [-0.05, 0) is 72.6 Å². The second-order valence-corrected chi connectivity index (χ2v) is 11.9. The number of urea groups is 1. The van der Waals surface area contributed by atoms with Crippen molar-refractivity contribution in [1.82, 2.24) is 15.0 Å². The van der Waals surface area contributed by atoms with E-state index in [0.29, 0.717) is 35.0 Å². The Labute approximate surface area is 262 Å². The SMILES string of the molecule is CCN(C(=O)[C@H](Cc1ccccc1)NC(=O)NS(=O)(=O)c1cccc(-c2cc3c(OC)cccc3[nH]2)c1)c1ccc(OC)cc1. The molecule has 1 aromatic heterocycles. The van der Waals surface area contributed by atoms with Crippen LogP contribution in [0.2, 0.25) is 0 Å². The third-order valence-electron chi connectivity index (χ3n) is 7.38. The van der Waals surface area contributed by atoms with Crippen molar-refractivity contribution in [2.45, 2.75) is 24.3 Å². The number of nitrogens with one attached hydrogen (secondary N) is 3. The third-order valence-corrected chi connectivity index (χ3v) is 8.71. The number of carbonyl (C=O) groups excluding carboxylic acids is 2. The summed E-state index contributed by atoms with van der Waals surface area (Å²) in [6.45, 7) is 2.15. The molecular formula is C34H34N4O6S. The monoisotopic (exact) mass is 626 g/mol. The maximum Gasteiger partial charge on any atom is 0.329 e. The molecule has 5 rings (SSSR count). The molecule has 1 heterocycles. The largest absolute Gasteiger partial charge is 0.497 e. The lowest BCUT2D eigenvalue weighted by Gasteiger charge is -2.27. The summed E-state index contributed by atoms with van der Waals surface area (Å²) in [4.78, 5) is 31.7. The fourth-order valence-electron chi connectivity index (χ4n) is 5.13. The zero-order valence-electron chi connectivity index (χ0n) is 25.1. The highest BCUT2D eigenvalue weighted by Crippen LogP contribution is 2.31. The number of ether oxygens (including phenoxy) is 2. The molecule has 0 bridgehead atoms. The summed E-state index contributed by atoms with van der Waals surface area (Å²) < 4.78 is 39.5. The molecule has 0 saturated heterocycles. The molecule has 0 aliphatic carbocycles. The molecule has 0 unspecified atom stereocenters. The molecule has 45 heavy (non-hydrogen) atoms. The first-order valence-electron chi connectivity index (χ1n) is 14.3. The number of sulfonamides is 1. The van der Waals surface area contributed by atoms with Crippen LogP contribution in [0.15, 0.2) is 108 Å². The standard InChI is InChI=1S/C34H34N4O6S/c1-4-38(25-16-18-26(43-2)19-17-25)33(39)31(20-23-10-6-5-7-11-23)36-34(40)37-45(41,42)27-13-8-12-24(21-27)30-22-28-29(35-30)14-9-15-32(28)44-3/h5-19,21-22,31,35H,4,20H2,1-3H3,(H2,36,37,40)/t31-/m0/s1. The highest BCUT2D eigenvalue weighted by molar-refractivity contribution is 7.90. The Bertz CT molecular complexity index is 1910. The van der Waals surface area contributed by atoms with Gasteiger partial charge < -0.3 is 24.7 Å². The van der Waals surface area contributed by atoms with Crippen molar-refractivity contribution in [3.63, 3.8) is 0 Å². The van der Waals surface area contributed by atoms with Crippen LogP contribution in [-0.2, 0) is 21.2 Å². The van der Waals surface area contributed by atoms with Gasteiger partial charge in [0.15, 0.2) is 0 Å². The summed E-state index contributed by atoms with van der Waals surface area (Å²) in [5.74, 6) is 0.930. The molecule has 0 radical (unpaired) electrons. The second kappa shape index (κ2) is 13.6. The van der Waals surface area contributed by atoms with Gasteiger partial charge in [0.1, 0.15) is 17.5 Å². The van der Waals surface area contributed by atoms with Gasteiger partial charge in [-0.25, -0.2) is 17.9 Å². The number of carbonyl (C=O) groups is 2. The van der Waals surface area contributed by atoms with E-state index in [1.165, 1.54) is 17.0 Å². The Kier molecular flexibility index (Phi) is 9.39. The minimum atomic E-state index is -4.30. The van der Waals surface area contributed by atoms with Gasteiger partial charge in [0.25, 0.3) is 10.0 Å². The molecule has 11 heteroatoms. The Morgan fingerprint density at radius 3 is 2.29 bits per heavy atom. The average Bonchev–Trinajstić information content (AvgIpc) is 3.50. The van der Waals surface area contributed by atoms with E-state index >= 15 is 0 Å². The third kappa shape index (κ3) is 7.10. The number of likely N-dealkylation sites (N-methyl/N-ethyl adjacent to an activating group) is 1. The number of nitrogens with zero attached hydrogens (tertiary/aromatic N) is 1. The number of benzene rings is 4. The molecule has 3 N–H and O–H groups in total. The number of rotatable bonds is 11. The van der Waals surface area contributed by atoms with Crippen molar-refractivity contribution < 1.29 is 27.5 Å². The molecule has 0 spiro atoms. The Hall–Kier alpha value is -5.29. The second-order valence-electron chi connectivity index (χ2n) is 10.2. The first-order chi connectivity index (χ1) is 21.7. The summed E-state index contributed by atoms with van der Waals surface area (Å²) in [5.41, 5.74) is 3.53. The molecule has 4 aromatic carbocycles. The van der Waals surface area contributed by atoms with Gasteiger partial charge in [-0.3, -0.25) is 4.79 Å². The van der Waals surface area contributed by atoms with Gasteiger partial charge in [0.05, 0.1) is 19.1 Å². The van der Waals surface area contributed by atoms with Crippen LogP contribution in [0.3, 0.4) is 0 Å². The number of fused-ring (bicyclic) bond motifs is 1. The van der Waals surface area contributed by atoms with E-state index < -0.39 is 28.0 Å². The van der Waals surface area contributed by atoms with E-state index in [1.54, 1.807) is 50.6 Å². The number of anilines is 1. The van der Waals surface area contributed by atoms with Gasteiger partial charge in [-0.15, -0.1) is 0 Å². The van der Waals surface area contributed by atoms with E-state index in [2.05, 4.69) is 15.0 Å². The molecule has 0 aliphatic heterocycles. The molecule has 5 aromatic rings. The van der Waals surface area contributed by atoms with Gasteiger partial charge >= 0.3 is 6.03 Å². The fourth-order valence-corrected chi connectivity index (χ4v) is 6.09. The van der Waals surface area contributed by atoms with Crippen LogP contribution in [0.5, 0.6) is 11.5 Å². The normalized spacial score (nSPS) is 11.9. The minimum Gasteiger partial charge on any atom is -0.497 e. The number of aromatic amines is 1. The van der Waals surface area contributed by atoms with E-state index in [1.807, 2.05) is 61.5 Å². The van der Waals surface area contributed by atoms with Gasteiger partial charge in [0.2, 0.25) is 5.91 Å². The predicted molar refractivity (Wildman–Crippen MR) is 174 cm³/mol. The highest BCUT2D eigenvalue weighted by Gasteiger charge is 2.28. The molecule has 0 aliphatic rings. The van der Waals surface area contributed by atoms with Gasteiger partial charge in [0, 0.05) is 35.2 Å². The van der Waals surface area contributed by atoms with Gasteiger partial charge in [-0.1, -0.05) is 48.5 Å². The number of hydrogen-bond donors (Lipinski definition) is 3. The van der Waals surface area contributed by atoms with Crippen molar-refractivity contribution in [2.75, 3.05) is 25.7 Å². The van der Waals surface area contributed by atoms with E-state index in [9.17, 15) is 18.0 Å². The van der Waals surface area contributed by atoms with Crippen molar-refractivity contribution in [3.05, 3.63) is 109 Å². The number of amides is 3. The van der Waals surface area contributed by atoms with Crippen LogP contribution in [0, 0.1) is 0 Å². The van der Waals surface area contributed by atoms with Crippen LogP contribution in [0.25, 0.3) is 22.2 Å². The lowest BCUT2D eigenvalue weighted by atomic mass is 10.0. The summed E-state index contributed by atoms with van der Waals surface area (Å²) in [5, 5.41) is 3.46. The van der Waals surface area contributed by atoms with E-state index in [-0.39, 0.29) is 11.3 Å². The van der Waals surface area contributed by atoms with E-state index in [4.69, 9.17) is 9.47 Å². The van der Waals surface area contributed by atoms with E-state index in [0.717, 1.165) is 16.5 Å². The lowest BCUT2D eigenvalue weighted by molar-refractivity contribution is -0.120. The molecule has 1 atom stereocenters. The summed E-state index contributed by atoms with van der Waals surface area (Å²) in [7, 11) is -1.16. The van der Waals surface area contributed by atoms with Crippen molar-refractivity contribution in [2.24, 2.45) is 0 Å². The van der Waals surface area contributed by atoms with Crippen LogP contribution >= 0.6 is 0 Å². The fraction of sp³-hybridized carbons (Fsp3) is 0.176. The number of hydrogen-bond acceptors (Lipinski definition) is 6. The zero-order valence-corrected chi connectivity index (χ0v) is 25.9. The van der Waals surface area contributed by atoms with Crippen LogP contribution in [-0.4, -0.2) is 52.1 Å². The topological polar surface area (TPSA) is 130 Å². The summed E-state index contributed by atoms with van der Waals surface area (Å²) >= 11 is 0. The Morgan fingerprint density at radius 1 is 0.867 bits per heavy atom. The highest BCUT2D eigenvalue weighted by atomic mass is 32.2. The first-order valence-corrected chi connectivity index (χ1v) is 15.8. The van der Waals surface area contributed by atoms with Crippen molar-refractivity contribution >= 4 is 38.6 Å². The lowest BCUT2D eigenvalue weighted by Crippen LogP contribution is -2.53. The molecule has 3 amide bonds. The first kappa shape index (κ1) is 31.1. The maximum absolute atomic E-state index is 13.8. The minimum absolute atomic E-state index is 0.111. The Morgan fingerprint density at radius 2 is 1.60 bits per heavy atom. The molecule has 0 saturated carbocycles. The van der Waals surface area contributed by atoms with Crippen LogP contribution < -0.4 is 24.4 Å². The average molecular weight is 627 g/mol. The number of aromatic nitrogens is 1. The zero-order chi connectivity index (χ0) is 32.0. The van der Waals surface area contributed by atoms with Crippen LogP contribution in [0.4, 0.5) is 10.5 Å². The predicted octanol–water partition coefficient (Wildman–Crippen LogP) is 5.50. The van der Waals surface area contributed by atoms with Gasteiger partial charge in [-0.2, -0.15) is 0 Å². The quantitative estimate of drug-likeness (QED) is 0.178.